The summed E-state index contributed by atoms with van der Waals surface area (Å²) in [6.45, 7) is 8.00. The van der Waals surface area contributed by atoms with E-state index in [4.69, 9.17) is 9.68 Å². The Morgan fingerprint density at radius 3 is 2.04 bits per heavy atom. The van der Waals surface area contributed by atoms with Gasteiger partial charge in [-0.15, -0.1) is 0 Å². The fraction of sp³-hybridized carbons (Fsp3) is 0.238. The molecule has 0 N–H and O–H groups in total. The van der Waals surface area contributed by atoms with Crippen molar-refractivity contribution < 1.29 is 14.5 Å². The minimum absolute atomic E-state index is 0.202. The molecular formula is C21H24N2O3. The second-order valence-corrected chi connectivity index (χ2v) is 5.97. The highest BCUT2D eigenvalue weighted by Gasteiger charge is 2.16. The zero-order valence-corrected chi connectivity index (χ0v) is 15.2. The van der Waals surface area contributed by atoms with Crippen LogP contribution in [-0.4, -0.2) is 23.2 Å². The Labute approximate surface area is 154 Å². The highest BCUT2D eigenvalue weighted by Crippen LogP contribution is 2.07. The lowest BCUT2D eigenvalue weighted by molar-refractivity contribution is -0.182. The van der Waals surface area contributed by atoms with E-state index in [1.807, 2.05) is 60.7 Å². The van der Waals surface area contributed by atoms with Crippen LogP contribution in [-0.2, 0) is 27.7 Å². The van der Waals surface area contributed by atoms with Gasteiger partial charge in [0.25, 0.3) is 5.91 Å². The van der Waals surface area contributed by atoms with Crippen molar-refractivity contribution in [3.05, 3.63) is 83.9 Å². The molecule has 0 radical (unpaired) electrons. The van der Waals surface area contributed by atoms with Crippen molar-refractivity contribution >= 4 is 11.6 Å². The van der Waals surface area contributed by atoms with Gasteiger partial charge in [0.1, 0.15) is 13.2 Å². The largest absolute Gasteiger partial charge is 0.391 e. The smallest absolute Gasteiger partial charge is 0.272 e. The van der Waals surface area contributed by atoms with Crippen molar-refractivity contribution in [1.29, 1.82) is 0 Å². The van der Waals surface area contributed by atoms with E-state index in [-0.39, 0.29) is 19.1 Å². The maximum absolute atomic E-state index is 12.3. The monoisotopic (exact) mass is 352 g/mol. The van der Waals surface area contributed by atoms with E-state index in [0.29, 0.717) is 17.9 Å². The molecule has 0 saturated heterocycles. The van der Waals surface area contributed by atoms with Crippen LogP contribution in [0.15, 0.2) is 78.0 Å². The number of carbonyl (C=O) groups excluding carboxylic acids is 1. The van der Waals surface area contributed by atoms with E-state index < -0.39 is 0 Å². The molecule has 0 aliphatic carbocycles. The lowest BCUT2D eigenvalue weighted by Gasteiger charge is -2.21. The van der Waals surface area contributed by atoms with Crippen molar-refractivity contribution in [2.45, 2.75) is 27.1 Å². The van der Waals surface area contributed by atoms with Gasteiger partial charge in [0.05, 0.1) is 12.3 Å². The molecule has 0 aliphatic heterocycles. The molecule has 5 heteroatoms. The molecular weight excluding hydrogens is 328 g/mol. The second-order valence-electron chi connectivity index (χ2n) is 5.97. The Balaban J connectivity index is 1.92. The molecule has 0 aromatic heterocycles. The molecule has 0 heterocycles. The molecule has 0 saturated carbocycles. The number of amides is 1. The number of nitrogens with zero attached hydrogens (tertiary/aromatic N) is 2. The SMILES string of the molecule is C=C(C)C(=O)N(C/C(C)=N\OCc1ccccc1)OCc1ccccc1. The Bertz CT molecular complexity index is 742. The van der Waals surface area contributed by atoms with Crippen molar-refractivity contribution in [2.75, 3.05) is 6.54 Å². The first-order valence-corrected chi connectivity index (χ1v) is 8.40. The fourth-order valence-electron chi connectivity index (χ4n) is 2.14. The summed E-state index contributed by atoms with van der Waals surface area (Å²) in [4.78, 5) is 23.3. The normalized spacial score (nSPS) is 11.1. The van der Waals surface area contributed by atoms with Crippen LogP contribution in [0.3, 0.4) is 0 Å². The highest BCUT2D eigenvalue weighted by atomic mass is 16.7. The van der Waals surface area contributed by atoms with Gasteiger partial charge in [-0.1, -0.05) is 72.4 Å². The van der Waals surface area contributed by atoms with E-state index >= 15 is 0 Å². The maximum atomic E-state index is 12.3. The average molecular weight is 352 g/mol. The molecule has 2 rings (SSSR count). The van der Waals surface area contributed by atoms with Crippen LogP contribution in [0.1, 0.15) is 25.0 Å². The standard InChI is InChI=1S/C21H24N2O3/c1-17(2)21(24)23(26-16-20-12-8-5-9-13-20)14-18(3)22-25-15-19-10-6-4-7-11-19/h4-13H,1,14-16H2,2-3H3/b22-18-. The third-order valence-corrected chi connectivity index (χ3v) is 3.49. The molecule has 136 valence electrons. The van der Waals surface area contributed by atoms with E-state index in [9.17, 15) is 4.79 Å². The Hall–Kier alpha value is -2.92. The van der Waals surface area contributed by atoms with Crippen LogP contribution in [0.2, 0.25) is 0 Å². The van der Waals surface area contributed by atoms with Crippen LogP contribution in [0.25, 0.3) is 0 Å². The predicted molar refractivity (Wildman–Crippen MR) is 102 cm³/mol. The van der Waals surface area contributed by atoms with Gasteiger partial charge in [-0.2, -0.15) is 0 Å². The minimum atomic E-state index is -0.279. The van der Waals surface area contributed by atoms with Gasteiger partial charge in [0, 0.05) is 5.57 Å². The topological polar surface area (TPSA) is 51.1 Å². The summed E-state index contributed by atoms with van der Waals surface area (Å²) in [5.74, 6) is -0.279. The van der Waals surface area contributed by atoms with E-state index in [1.165, 1.54) is 5.06 Å². The number of rotatable bonds is 9. The lowest BCUT2D eigenvalue weighted by atomic mass is 10.2. The zero-order chi connectivity index (χ0) is 18.8. The third kappa shape index (κ3) is 6.53. The predicted octanol–water partition coefficient (Wildman–Crippen LogP) is 4.12. The lowest BCUT2D eigenvalue weighted by Crippen LogP contribution is -2.35. The van der Waals surface area contributed by atoms with Crippen molar-refractivity contribution in [1.82, 2.24) is 5.06 Å². The number of carbonyl (C=O) groups is 1. The molecule has 0 spiro atoms. The number of oxime groups is 1. The molecule has 5 nitrogen and oxygen atoms in total. The first-order chi connectivity index (χ1) is 12.6. The summed E-state index contributed by atoms with van der Waals surface area (Å²) < 4.78 is 0. The van der Waals surface area contributed by atoms with Gasteiger partial charge in [-0.25, -0.2) is 5.06 Å². The molecule has 0 unspecified atom stereocenters. The summed E-state index contributed by atoms with van der Waals surface area (Å²) in [7, 11) is 0. The van der Waals surface area contributed by atoms with Gasteiger partial charge >= 0.3 is 0 Å². The molecule has 0 fully saturated rings. The fourth-order valence-corrected chi connectivity index (χ4v) is 2.14. The first kappa shape index (κ1) is 19.4. The summed E-state index contributed by atoms with van der Waals surface area (Å²) in [5, 5.41) is 5.33. The molecule has 0 atom stereocenters. The first-order valence-electron chi connectivity index (χ1n) is 8.40. The molecule has 26 heavy (non-hydrogen) atoms. The quantitative estimate of drug-likeness (QED) is 0.388. The van der Waals surface area contributed by atoms with E-state index in [0.717, 1.165) is 11.1 Å². The minimum Gasteiger partial charge on any atom is -0.391 e. The number of benzene rings is 2. The summed E-state index contributed by atoms with van der Waals surface area (Å²) >= 11 is 0. The number of hydrogen-bond acceptors (Lipinski definition) is 4. The van der Waals surface area contributed by atoms with Gasteiger partial charge in [0.15, 0.2) is 0 Å². The van der Waals surface area contributed by atoms with Crippen LogP contribution in [0, 0.1) is 0 Å². The van der Waals surface area contributed by atoms with Crippen molar-refractivity contribution in [2.24, 2.45) is 5.16 Å². The van der Waals surface area contributed by atoms with E-state index in [2.05, 4.69) is 11.7 Å². The summed E-state index contributed by atoms with van der Waals surface area (Å²) in [5.41, 5.74) is 3.03. The van der Waals surface area contributed by atoms with Crippen molar-refractivity contribution in [3.63, 3.8) is 0 Å². The van der Waals surface area contributed by atoms with Crippen LogP contribution >= 0.6 is 0 Å². The second kappa shape index (κ2) is 10.2. The molecule has 0 aliphatic rings. The summed E-state index contributed by atoms with van der Waals surface area (Å²) in [6.07, 6.45) is 0. The van der Waals surface area contributed by atoms with E-state index in [1.54, 1.807) is 13.8 Å². The maximum Gasteiger partial charge on any atom is 0.272 e. The third-order valence-electron chi connectivity index (χ3n) is 3.49. The molecule has 2 aromatic rings. The van der Waals surface area contributed by atoms with Crippen LogP contribution < -0.4 is 0 Å². The Morgan fingerprint density at radius 2 is 1.50 bits per heavy atom. The molecule has 0 bridgehead atoms. The van der Waals surface area contributed by atoms with Crippen LogP contribution in [0.4, 0.5) is 0 Å². The number of hydrogen-bond donors (Lipinski definition) is 0. The van der Waals surface area contributed by atoms with Gasteiger partial charge in [-0.05, 0) is 25.0 Å². The van der Waals surface area contributed by atoms with Gasteiger partial charge in [0.2, 0.25) is 0 Å². The average Bonchev–Trinajstić information content (AvgIpc) is 2.66. The summed E-state index contributed by atoms with van der Waals surface area (Å²) in [6, 6.07) is 19.4. The van der Waals surface area contributed by atoms with Gasteiger partial charge in [-0.3, -0.25) is 9.63 Å². The highest BCUT2D eigenvalue weighted by molar-refractivity contribution is 5.95. The Kier molecular flexibility index (Phi) is 7.58. The molecule has 1 amide bonds. The number of hydroxylamine groups is 2. The van der Waals surface area contributed by atoms with Crippen LogP contribution in [0.5, 0.6) is 0 Å². The Morgan fingerprint density at radius 1 is 0.962 bits per heavy atom. The zero-order valence-electron chi connectivity index (χ0n) is 15.2. The van der Waals surface area contributed by atoms with Gasteiger partial charge < -0.3 is 4.84 Å². The van der Waals surface area contributed by atoms with Crippen molar-refractivity contribution in [3.8, 4) is 0 Å². The molecule has 2 aromatic carbocycles.